The summed E-state index contributed by atoms with van der Waals surface area (Å²) < 4.78 is 13.5. The summed E-state index contributed by atoms with van der Waals surface area (Å²) in [4.78, 5) is 31.1. The second kappa shape index (κ2) is 14.3. The number of carbonyl (C=O) groups is 2. The van der Waals surface area contributed by atoms with Gasteiger partial charge >= 0.3 is 5.97 Å². The maximum absolute atomic E-state index is 15.1. The van der Waals surface area contributed by atoms with Crippen LogP contribution in [-0.4, -0.2) is 24.5 Å². The van der Waals surface area contributed by atoms with Crippen molar-refractivity contribution in [3.63, 3.8) is 0 Å². The van der Waals surface area contributed by atoms with Crippen LogP contribution in [0.1, 0.15) is 40.8 Å². The fraction of sp³-hybridized carbons (Fsp3) is 0.179. The van der Waals surface area contributed by atoms with Crippen LogP contribution in [0.2, 0.25) is 0 Å². The summed E-state index contributed by atoms with van der Waals surface area (Å²) in [6.07, 6.45) is 0. The summed E-state index contributed by atoms with van der Waals surface area (Å²) >= 11 is 3.50. The fourth-order valence-corrected chi connectivity index (χ4v) is 6.33. The monoisotopic (exact) mass is 674 g/mol. The second-order valence-electron chi connectivity index (χ2n) is 11.2. The molecule has 0 aromatic heterocycles. The van der Waals surface area contributed by atoms with E-state index in [1.165, 1.54) is 0 Å². The van der Waals surface area contributed by atoms with E-state index in [2.05, 4.69) is 21.2 Å². The maximum Gasteiger partial charge on any atom is 0.327 e. The van der Waals surface area contributed by atoms with Crippen molar-refractivity contribution < 1.29 is 19.1 Å². The topological polar surface area (TPSA) is 67.9 Å². The van der Waals surface area contributed by atoms with Crippen molar-refractivity contribution in [1.82, 2.24) is 5.32 Å². The number of ether oxygens (including phenoxy) is 2. The molecule has 1 unspecified atom stereocenters. The molecule has 1 N–H and O–H groups in total. The molecule has 2 atom stereocenters. The van der Waals surface area contributed by atoms with Gasteiger partial charge in [-0.2, -0.15) is 0 Å². The zero-order chi connectivity index (χ0) is 31.9. The molecular weight excluding hydrogens is 640 g/mol. The largest absolute Gasteiger partial charge is 0.465 e. The number of halogens is 1. The molecule has 0 bridgehead atoms. The van der Waals surface area contributed by atoms with E-state index < -0.39 is 23.7 Å². The highest BCUT2D eigenvalue weighted by Gasteiger charge is 2.60. The second-order valence-corrected chi connectivity index (χ2v) is 12.1. The summed E-state index contributed by atoms with van der Waals surface area (Å²) in [5, 5.41) is 3.60. The van der Waals surface area contributed by atoms with Gasteiger partial charge in [-0.15, -0.1) is 0 Å². The number of nitrogens with one attached hydrogen (secondary N) is 1. The number of hydrogen-bond acceptors (Lipinski definition) is 5. The normalized spacial score (nSPS) is 16.3. The van der Waals surface area contributed by atoms with Crippen molar-refractivity contribution in [3.8, 4) is 0 Å². The van der Waals surface area contributed by atoms with E-state index in [0.717, 1.165) is 26.7 Å². The van der Waals surface area contributed by atoms with Gasteiger partial charge in [-0.3, -0.25) is 14.9 Å². The summed E-state index contributed by atoms with van der Waals surface area (Å²) in [5.74, 6) is -0.903. The van der Waals surface area contributed by atoms with Gasteiger partial charge in [-0.05, 0) is 47.4 Å². The van der Waals surface area contributed by atoms with E-state index >= 15 is 4.79 Å². The lowest BCUT2D eigenvalue weighted by molar-refractivity contribution is -0.169. The number of rotatable bonds is 12. The van der Waals surface area contributed by atoms with E-state index in [-0.39, 0.29) is 19.1 Å². The quantitative estimate of drug-likeness (QED) is 0.137. The minimum Gasteiger partial charge on any atom is -0.465 e. The first-order chi connectivity index (χ1) is 22.5. The summed E-state index contributed by atoms with van der Waals surface area (Å²) in [5.41, 5.74) is 3.25. The smallest absolute Gasteiger partial charge is 0.327 e. The molecule has 5 aromatic rings. The van der Waals surface area contributed by atoms with Gasteiger partial charge < -0.3 is 14.4 Å². The minimum atomic E-state index is -1.74. The molecule has 6 rings (SSSR count). The third kappa shape index (κ3) is 6.40. The standard InChI is InChI=1S/C39H35BrN2O4/c1-2-45-37(43)36(41-35(30-16-8-4-9-17-30)31-18-10-5-11-19-31)39(46-27-29-22-24-32(40)25-23-29)33-20-12-13-21-34(33)42(38(39)44)26-28-14-6-3-7-15-28/h3-25,35-36,41H,2,26-27H2,1H3/t36?,39-/m0/s1. The summed E-state index contributed by atoms with van der Waals surface area (Å²) in [6, 6.07) is 43.3. The Labute approximate surface area is 278 Å². The molecule has 0 radical (unpaired) electrons. The third-order valence-electron chi connectivity index (χ3n) is 8.25. The van der Waals surface area contributed by atoms with Crippen LogP contribution in [0.3, 0.4) is 0 Å². The Bertz CT molecular complexity index is 1730. The van der Waals surface area contributed by atoms with Gasteiger partial charge in [-0.1, -0.05) is 137 Å². The molecule has 7 heteroatoms. The lowest BCUT2D eigenvalue weighted by atomic mass is 9.85. The molecule has 1 aliphatic heterocycles. The van der Waals surface area contributed by atoms with Gasteiger partial charge in [0.2, 0.25) is 0 Å². The highest BCUT2D eigenvalue weighted by atomic mass is 79.9. The van der Waals surface area contributed by atoms with Crippen LogP contribution < -0.4 is 10.2 Å². The molecule has 1 amide bonds. The van der Waals surface area contributed by atoms with Crippen LogP contribution in [0.5, 0.6) is 0 Å². The van der Waals surface area contributed by atoms with Crippen molar-refractivity contribution in [3.05, 3.63) is 172 Å². The third-order valence-corrected chi connectivity index (χ3v) is 8.78. The number of para-hydroxylation sites is 1. The number of benzene rings is 5. The number of anilines is 1. The Morgan fingerprint density at radius 3 is 1.93 bits per heavy atom. The first kappa shape index (κ1) is 31.4. The molecular formula is C39H35BrN2O4. The molecule has 0 aliphatic carbocycles. The van der Waals surface area contributed by atoms with Gasteiger partial charge in [0.15, 0.2) is 5.60 Å². The van der Waals surface area contributed by atoms with Crippen molar-refractivity contribution >= 4 is 33.5 Å². The molecule has 1 heterocycles. The summed E-state index contributed by atoms with van der Waals surface area (Å²) in [6.45, 7) is 2.31. The maximum atomic E-state index is 15.1. The van der Waals surface area contributed by atoms with Crippen LogP contribution >= 0.6 is 15.9 Å². The predicted molar refractivity (Wildman–Crippen MR) is 183 cm³/mol. The Morgan fingerprint density at radius 2 is 1.33 bits per heavy atom. The van der Waals surface area contributed by atoms with E-state index in [9.17, 15) is 4.79 Å². The number of fused-ring (bicyclic) bond motifs is 1. The lowest BCUT2D eigenvalue weighted by Crippen LogP contribution is -2.60. The van der Waals surface area contributed by atoms with Gasteiger partial charge in [-0.25, -0.2) is 0 Å². The fourth-order valence-electron chi connectivity index (χ4n) is 6.07. The number of carbonyl (C=O) groups excluding carboxylic acids is 2. The minimum absolute atomic E-state index is 0.0887. The molecule has 232 valence electrons. The zero-order valence-electron chi connectivity index (χ0n) is 25.5. The van der Waals surface area contributed by atoms with E-state index in [1.807, 2.05) is 140 Å². The van der Waals surface area contributed by atoms with Crippen LogP contribution in [0.4, 0.5) is 5.69 Å². The van der Waals surface area contributed by atoms with Crippen LogP contribution in [0, 0.1) is 0 Å². The Morgan fingerprint density at radius 1 is 0.761 bits per heavy atom. The first-order valence-electron chi connectivity index (χ1n) is 15.4. The SMILES string of the molecule is CCOC(=O)C(NC(c1ccccc1)c1ccccc1)[C@]1(OCc2ccc(Br)cc2)C(=O)N(Cc2ccccc2)c2ccccc21. The molecule has 1 aliphatic rings. The van der Waals surface area contributed by atoms with E-state index in [1.54, 1.807) is 11.8 Å². The molecule has 0 saturated carbocycles. The highest BCUT2D eigenvalue weighted by Crippen LogP contribution is 2.47. The Balaban J connectivity index is 1.52. The average molecular weight is 676 g/mol. The molecule has 0 fully saturated rings. The van der Waals surface area contributed by atoms with Gasteiger partial charge in [0.25, 0.3) is 5.91 Å². The lowest BCUT2D eigenvalue weighted by Gasteiger charge is -2.38. The van der Waals surface area contributed by atoms with Crippen molar-refractivity contribution in [2.45, 2.75) is 37.8 Å². The van der Waals surface area contributed by atoms with Crippen molar-refractivity contribution in [2.24, 2.45) is 0 Å². The molecule has 46 heavy (non-hydrogen) atoms. The Hall–Kier alpha value is -4.56. The van der Waals surface area contributed by atoms with Crippen molar-refractivity contribution in [2.75, 3.05) is 11.5 Å². The zero-order valence-corrected chi connectivity index (χ0v) is 27.1. The number of amides is 1. The van der Waals surface area contributed by atoms with Gasteiger partial charge in [0, 0.05) is 10.0 Å². The number of esters is 1. The van der Waals surface area contributed by atoms with Gasteiger partial charge in [0.05, 0.1) is 31.5 Å². The Kier molecular flexibility index (Phi) is 9.73. The average Bonchev–Trinajstić information content (AvgIpc) is 3.33. The summed E-state index contributed by atoms with van der Waals surface area (Å²) in [7, 11) is 0. The van der Waals surface area contributed by atoms with E-state index in [0.29, 0.717) is 17.8 Å². The molecule has 0 spiro atoms. The van der Waals surface area contributed by atoms with Crippen LogP contribution in [0.25, 0.3) is 0 Å². The molecule has 0 saturated heterocycles. The van der Waals surface area contributed by atoms with E-state index in [4.69, 9.17) is 9.47 Å². The van der Waals surface area contributed by atoms with Crippen LogP contribution in [-0.2, 0) is 37.8 Å². The molecule has 6 nitrogen and oxygen atoms in total. The number of nitrogens with zero attached hydrogens (tertiary/aromatic N) is 1. The highest BCUT2D eigenvalue weighted by molar-refractivity contribution is 9.10. The van der Waals surface area contributed by atoms with Gasteiger partial charge in [0.1, 0.15) is 6.04 Å². The predicted octanol–water partition coefficient (Wildman–Crippen LogP) is 7.72. The molecule has 5 aromatic carbocycles. The van der Waals surface area contributed by atoms with Crippen molar-refractivity contribution in [1.29, 1.82) is 0 Å². The number of hydrogen-bond donors (Lipinski definition) is 1. The van der Waals surface area contributed by atoms with Crippen LogP contribution in [0.15, 0.2) is 144 Å². The first-order valence-corrected chi connectivity index (χ1v) is 16.2.